The molecule has 0 spiro atoms. The van der Waals surface area contributed by atoms with Crippen molar-refractivity contribution in [2.24, 2.45) is 0 Å². The molecule has 10 aromatic rings. The van der Waals surface area contributed by atoms with Crippen molar-refractivity contribution in [1.82, 2.24) is 15.0 Å². The predicted molar refractivity (Wildman–Crippen MR) is 209 cm³/mol. The highest BCUT2D eigenvalue weighted by Gasteiger charge is 2.17. The van der Waals surface area contributed by atoms with Crippen LogP contribution in [-0.4, -0.2) is 15.0 Å². The summed E-state index contributed by atoms with van der Waals surface area (Å²) in [7, 11) is 0. The van der Waals surface area contributed by atoms with Crippen LogP contribution in [0, 0.1) is 0 Å². The van der Waals surface area contributed by atoms with Gasteiger partial charge in [0.25, 0.3) is 0 Å². The number of furan rings is 1. The van der Waals surface area contributed by atoms with Crippen LogP contribution in [0.2, 0.25) is 0 Å². The van der Waals surface area contributed by atoms with E-state index in [1.807, 2.05) is 48.5 Å². The number of hydrogen-bond donors (Lipinski definition) is 0. The minimum atomic E-state index is 0.631. The van der Waals surface area contributed by atoms with E-state index in [1.165, 1.54) is 0 Å². The molecule has 2 heterocycles. The van der Waals surface area contributed by atoms with Gasteiger partial charge in [-0.05, 0) is 68.6 Å². The molecule has 4 heteroatoms. The van der Waals surface area contributed by atoms with Gasteiger partial charge < -0.3 is 4.42 Å². The standard InChI is InChI=1S/C47H29N3O/c1-3-12-30(13-4-1)37-28-34-16-7-8-17-38(34)42(29-37)47-49-45(31-14-5-2-6-15-31)48-46(50-47)36-25-23-32-26-35(24-22-33(32)27-36)39-19-11-20-41-40-18-9-10-21-43(40)51-44(39)41/h1-29H. The summed E-state index contributed by atoms with van der Waals surface area (Å²) in [6.45, 7) is 0. The highest BCUT2D eigenvalue weighted by Crippen LogP contribution is 2.38. The van der Waals surface area contributed by atoms with E-state index >= 15 is 0 Å². The Bertz CT molecular complexity index is 2910. The fraction of sp³-hybridized carbons (Fsp3) is 0. The van der Waals surface area contributed by atoms with E-state index in [0.717, 1.165) is 82.4 Å². The maximum Gasteiger partial charge on any atom is 0.164 e. The topological polar surface area (TPSA) is 51.8 Å². The molecule has 51 heavy (non-hydrogen) atoms. The molecule has 0 saturated heterocycles. The lowest BCUT2D eigenvalue weighted by molar-refractivity contribution is 0.670. The minimum Gasteiger partial charge on any atom is -0.455 e. The summed E-state index contributed by atoms with van der Waals surface area (Å²) >= 11 is 0. The SMILES string of the molecule is c1ccc(-c2cc(-c3nc(-c4ccccc4)nc(-c4ccc5cc(-c6cccc7c6oc6ccccc67)ccc5c4)n3)c3ccccc3c2)cc1. The Balaban J connectivity index is 1.12. The molecule has 8 aromatic carbocycles. The molecule has 10 rings (SSSR count). The summed E-state index contributed by atoms with van der Waals surface area (Å²) in [6.07, 6.45) is 0. The third kappa shape index (κ3) is 5.13. The third-order valence-corrected chi connectivity index (χ3v) is 9.69. The lowest BCUT2D eigenvalue weighted by atomic mass is 9.96. The predicted octanol–water partition coefficient (Wildman–Crippen LogP) is 12.4. The van der Waals surface area contributed by atoms with Gasteiger partial charge in [-0.25, -0.2) is 15.0 Å². The van der Waals surface area contributed by atoms with Crippen molar-refractivity contribution < 1.29 is 4.42 Å². The molecule has 2 aromatic heterocycles. The molecular formula is C47H29N3O. The van der Waals surface area contributed by atoms with Gasteiger partial charge in [0.15, 0.2) is 17.5 Å². The van der Waals surface area contributed by atoms with Crippen molar-refractivity contribution >= 4 is 43.5 Å². The van der Waals surface area contributed by atoms with Crippen molar-refractivity contribution in [3.05, 3.63) is 176 Å². The molecule has 0 amide bonds. The zero-order valence-electron chi connectivity index (χ0n) is 27.5. The number of fused-ring (bicyclic) bond motifs is 5. The first-order valence-electron chi connectivity index (χ1n) is 17.1. The van der Waals surface area contributed by atoms with Gasteiger partial charge in [-0.1, -0.05) is 146 Å². The van der Waals surface area contributed by atoms with E-state index in [-0.39, 0.29) is 0 Å². The molecule has 4 nitrogen and oxygen atoms in total. The molecule has 238 valence electrons. The maximum absolute atomic E-state index is 6.36. The molecule has 0 N–H and O–H groups in total. The second-order valence-corrected chi connectivity index (χ2v) is 12.8. The summed E-state index contributed by atoms with van der Waals surface area (Å²) < 4.78 is 6.36. The van der Waals surface area contributed by atoms with Gasteiger partial charge in [-0.15, -0.1) is 0 Å². The van der Waals surface area contributed by atoms with Gasteiger partial charge in [-0.3, -0.25) is 0 Å². The molecule has 0 saturated carbocycles. The van der Waals surface area contributed by atoms with E-state index in [1.54, 1.807) is 0 Å². The van der Waals surface area contributed by atoms with E-state index < -0.39 is 0 Å². The van der Waals surface area contributed by atoms with Crippen LogP contribution in [0.5, 0.6) is 0 Å². The first-order valence-corrected chi connectivity index (χ1v) is 17.1. The van der Waals surface area contributed by atoms with E-state index in [4.69, 9.17) is 19.4 Å². The lowest BCUT2D eigenvalue weighted by Crippen LogP contribution is -2.01. The van der Waals surface area contributed by atoms with Crippen LogP contribution in [0.4, 0.5) is 0 Å². The number of hydrogen-bond acceptors (Lipinski definition) is 4. The second-order valence-electron chi connectivity index (χ2n) is 12.8. The molecule has 0 atom stereocenters. The number of para-hydroxylation sites is 2. The van der Waals surface area contributed by atoms with Crippen LogP contribution in [0.3, 0.4) is 0 Å². The summed E-state index contributed by atoms with van der Waals surface area (Å²) in [5.74, 6) is 1.91. The minimum absolute atomic E-state index is 0.631. The largest absolute Gasteiger partial charge is 0.455 e. The maximum atomic E-state index is 6.36. The van der Waals surface area contributed by atoms with Crippen LogP contribution in [-0.2, 0) is 0 Å². The number of nitrogens with zero attached hydrogens (tertiary/aromatic N) is 3. The highest BCUT2D eigenvalue weighted by atomic mass is 16.3. The first kappa shape index (κ1) is 29.0. The Labute approximate surface area is 294 Å². The number of aromatic nitrogens is 3. The Hall–Kier alpha value is -6.91. The molecule has 0 aliphatic carbocycles. The van der Waals surface area contributed by atoms with Crippen LogP contribution >= 0.6 is 0 Å². The Kier molecular flexibility index (Phi) is 6.78. The van der Waals surface area contributed by atoms with Gasteiger partial charge in [0.05, 0.1) is 0 Å². The van der Waals surface area contributed by atoms with Crippen molar-refractivity contribution in [2.75, 3.05) is 0 Å². The molecule has 0 radical (unpaired) electrons. The second kappa shape index (κ2) is 11.9. The van der Waals surface area contributed by atoms with Crippen molar-refractivity contribution in [3.63, 3.8) is 0 Å². The fourth-order valence-corrected chi connectivity index (χ4v) is 7.16. The highest BCUT2D eigenvalue weighted by molar-refractivity contribution is 6.10. The quantitative estimate of drug-likeness (QED) is 0.186. The molecule has 0 bridgehead atoms. The lowest BCUT2D eigenvalue weighted by Gasteiger charge is -2.13. The molecule has 0 aliphatic heterocycles. The first-order chi connectivity index (χ1) is 25.2. The van der Waals surface area contributed by atoms with Crippen molar-refractivity contribution in [1.29, 1.82) is 0 Å². The van der Waals surface area contributed by atoms with Crippen LogP contribution in [0.1, 0.15) is 0 Å². The van der Waals surface area contributed by atoms with E-state index in [2.05, 4.69) is 127 Å². The smallest absolute Gasteiger partial charge is 0.164 e. The van der Waals surface area contributed by atoms with E-state index in [9.17, 15) is 0 Å². The van der Waals surface area contributed by atoms with E-state index in [0.29, 0.717) is 17.5 Å². The van der Waals surface area contributed by atoms with Gasteiger partial charge >= 0.3 is 0 Å². The Morgan fingerprint density at radius 2 is 0.902 bits per heavy atom. The van der Waals surface area contributed by atoms with Crippen LogP contribution in [0.25, 0.3) is 99.9 Å². The van der Waals surface area contributed by atoms with Crippen molar-refractivity contribution in [2.45, 2.75) is 0 Å². The summed E-state index contributed by atoms with van der Waals surface area (Å²) in [4.78, 5) is 15.3. The van der Waals surface area contributed by atoms with Crippen LogP contribution < -0.4 is 0 Å². The van der Waals surface area contributed by atoms with Crippen molar-refractivity contribution in [3.8, 4) is 56.4 Å². The van der Waals surface area contributed by atoms with Gasteiger partial charge in [0.1, 0.15) is 11.2 Å². The normalized spacial score (nSPS) is 11.5. The Morgan fingerprint density at radius 1 is 0.314 bits per heavy atom. The summed E-state index contributed by atoms with van der Waals surface area (Å²) in [5, 5.41) is 6.72. The Morgan fingerprint density at radius 3 is 1.71 bits per heavy atom. The number of rotatable bonds is 5. The molecule has 0 fully saturated rings. The average Bonchev–Trinajstić information content (AvgIpc) is 3.59. The zero-order valence-corrected chi connectivity index (χ0v) is 27.5. The van der Waals surface area contributed by atoms with Crippen LogP contribution in [0.15, 0.2) is 180 Å². The third-order valence-electron chi connectivity index (χ3n) is 9.69. The molecular weight excluding hydrogens is 623 g/mol. The monoisotopic (exact) mass is 651 g/mol. The summed E-state index contributed by atoms with van der Waals surface area (Å²) in [6, 6.07) is 61.1. The summed E-state index contributed by atoms with van der Waals surface area (Å²) in [5.41, 5.74) is 9.10. The average molecular weight is 652 g/mol. The fourth-order valence-electron chi connectivity index (χ4n) is 7.16. The van der Waals surface area contributed by atoms with Gasteiger partial charge in [0, 0.05) is 33.0 Å². The molecule has 0 unspecified atom stereocenters. The molecule has 0 aliphatic rings. The van der Waals surface area contributed by atoms with Gasteiger partial charge in [-0.2, -0.15) is 0 Å². The number of benzene rings is 8. The van der Waals surface area contributed by atoms with Gasteiger partial charge in [0.2, 0.25) is 0 Å². The zero-order chi connectivity index (χ0) is 33.7.